The van der Waals surface area contributed by atoms with Gasteiger partial charge in [-0.15, -0.1) is 0 Å². The molecule has 0 atom stereocenters. The summed E-state index contributed by atoms with van der Waals surface area (Å²) in [6.45, 7) is 0. The molecule has 0 radical (unpaired) electrons. The van der Waals surface area contributed by atoms with Crippen LogP contribution in [-0.4, -0.2) is 10.4 Å². The number of hydrogen-bond acceptors (Lipinski definition) is 2. The summed E-state index contributed by atoms with van der Waals surface area (Å²) in [6, 6.07) is 0. The number of rotatable bonds is 1. The van der Waals surface area contributed by atoms with Crippen LogP contribution in [-0.2, 0) is 0 Å². The Morgan fingerprint density at radius 3 is 2.90 bits per heavy atom. The van der Waals surface area contributed by atoms with Crippen LogP contribution >= 0.6 is 11.6 Å². The van der Waals surface area contributed by atoms with Gasteiger partial charge in [0.2, 0.25) is 0 Å². The van der Waals surface area contributed by atoms with Crippen molar-refractivity contribution in [1.82, 2.24) is 0 Å². The first-order chi connectivity index (χ1) is 4.84. The first-order valence-electron chi connectivity index (χ1n) is 3.41. The summed E-state index contributed by atoms with van der Waals surface area (Å²) >= 11 is 5.58. The molecule has 0 aromatic heterocycles. The molecule has 0 bridgehead atoms. The van der Waals surface area contributed by atoms with E-state index in [9.17, 15) is 0 Å². The van der Waals surface area contributed by atoms with Gasteiger partial charge in [0.05, 0.1) is 0 Å². The highest BCUT2D eigenvalue weighted by Crippen LogP contribution is 2.19. The number of oxime groups is 1. The minimum Gasteiger partial charge on any atom is -0.410 e. The molecule has 1 aliphatic rings. The minimum atomic E-state index is 0.250. The standard InChI is InChI=1S/C7H10ClNO/c8-7(9-10)6-4-2-1-3-5-6/h4,10H,1-3,5H2/b9-7-. The zero-order valence-corrected chi connectivity index (χ0v) is 6.43. The highest BCUT2D eigenvalue weighted by atomic mass is 35.5. The van der Waals surface area contributed by atoms with Gasteiger partial charge in [-0.3, -0.25) is 0 Å². The summed E-state index contributed by atoms with van der Waals surface area (Å²) in [5.41, 5.74) is 0.982. The van der Waals surface area contributed by atoms with Gasteiger partial charge in [-0.1, -0.05) is 22.8 Å². The summed E-state index contributed by atoms with van der Waals surface area (Å²) in [4.78, 5) is 0. The van der Waals surface area contributed by atoms with Gasteiger partial charge in [0.1, 0.15) is 0 Å². The van der Waals surface area contributed by atoms with Gasteiger partial charge >= 0.3 is 0 Å². The van der Waals surface area contributed by atoms with E-state index in [0.717, 1.165) is 24.8 Å². The van der Waals surface area contributed by atoms with E-state index in [2.05, 4.69) is 5.16 Å². The van der Waals surface area contributed by atoms with Crippen molar-refractivity contribution in [1.29, 1.82) is 0 Å². The normalized spacial score (nSPS) is 20.5. The minimum absolute atomic E-state index is 0.250. The lowest BCUT2D eigenvalue weighted by Gasteiger charge is -2.08. The largest absolute Gasteiger partial charge is 0.410 e. The van der Waals surface area contributed by atoms with Crippen molar-refractivity contribution < 1.29 is 5.21 Å². The molecule has 0 unspecified atom stereocenters. The monoisotopic (exact) mass is 159 g/mol. The summed E-state index contributed by atoms with van der Waals surface area (Å²) in [5.74, 6) is 0. The van der Waals surface area contributed by atoms with Crippen LogP contribution in [0.15, 0.2) is 16.8 Å². The predicted octanol–water partition coefficient (Wildman–Crippen LogP) is 2.51. The molecule has 56 valence electrons. The maximum atomic E-state index is 8.30. The predicted molar refractivity (Wildman–Crippen MR) is 41.6 cm³/mol. The van der Waals surface area contributed by atoms with Crippen LogP contribution in [0.1, 0.15) is 25.7 Å². The zero-order chi connectivity index (χ0) is 7.40. The second-order valence-corrected chi connectivity index (χ2v) is 2.72. The number of allylic oxidation sites excluding steroid dienone is 2. The van der Waals surface area contributed by atoms with Crippen molar-refractivity contribution in [2.45, 2.75) is 25.7 Å². The van der Waals surface area contributed by atoms with E-state index in [0.29, 0.717) is 0 Å². The SMILES string of the molecule is O/N=C(\Cl)C1=CCCCC1. The van der Waals surface area contributed by atoms with Crippen molar-refractivity contribution in [2.24, 2.45) is 5.16 Å². The molecule has 3 heteroatoms. The van der Waals surface area contributed by atoms with Gasteiger partial charge in [-0.25, -0.2) is 0 Å². The van der Waals surface area contributed by atoms with Gasteiger partial charge in [0.15, 0.2) is 5.17 Å². The Labute approximate surface area is 65.2 Å². The van der Waals surface area contributed by atoms with Crippen molar-refractivity contribution in [3.05, 3.63) is 11.6 Å². The molecule has 0 spiro atoms. The molecule has 1 rings (SSSR count). The maximum absolute atomic E-state index is 8.30. The summed E-state index contributed by atoms with van der Waals surface area (Å²) in [7, 11) is 0. The van der Waals surface area contributed by atoms with Crippen molar-refractivity contribution in [2.75, 3.05) is 0 Å². The highest BCUT2D eigenvalue weighted by molar-refractivity contribution is 6.69. The van der Waals surface area contributed by atoms with E-state index in [1.54, 1.807) is 0 Å². The molecule has 0 aliphatic heterocycles. The fourth-order valence-electron chi connectivity index (χ4n) is 1.09. The molecule has 0 saturated carbocycles. The third-order valence-corrected chi connectivity index (χ3v) is 1.96. The molecule has 2 nitrogen and oxygen atoms in total. The maximum Gasteiger partial charge on any atom is 0.170 e. The van der Waals surface area contributed by atoms with Crippen LogP contribution < -0.4 is 0 Å². The molecule has 1 aliphatic carbocycles. The lowest BCUT2D eigenvalue weighted by Crippen LogP contribution is -1.98. The van der Waals surface area contributed by atoms with Crippen molar-refractivity contribution >= 4 is 16.8 Å². The Morgan fingerprint density at radius 2 is 2.40 bits per heavy atom. The number of hydrogen-bond donors (Lipinski definition) is 1. The Hall–Kier alpha value is -0.500. The van der Waals surface area contributed by atoms with Gasteiger partial charge in [0, 0.05) is 0 Å². The summed E-state index contributed by atoms with van der Waals surface area (Å²) < 4.78 is 0. The molecular weight excluding hydrogens is 150 g/mol. The first kappa shape index (κ1) is 7.61. The molecule has 0 fully saturated rings. The van der Waals surface area contributed by atoms with Gasteiger partial charge in [0.25, 0.3) is 0 Å². The Kier molecular flexibility index (Phi) is 2.75. The van der Waals surface area contributed by atoms with Gasteiger partial charge in [-0.2, -0.15) is 0 Å². The molecule has 0 aromatic carbocycles. The Bertz CT molecular complexity index is 174. The quantitative estimate of drug-likeness (QED) is 0.356. The highest BCUT2D eigenvalue weighted by Gasteiger charge is 2.07. The zero-order valence-electron chi connectivity index (χ0n) is 5.68. The first-order valence-corrected chi connectivity index (χ1v) is 3.79. The second kappa shape index (κ2) is 3.62. The van der Waals surface area contributed by atoms with E-state index in [-0.39, 0.29) is 5.17 Å². The van der Waals surface area contributed by atoms with E-state index < -0.39 is 0 Å². The number of halogens is 1. The molecule has 0 heterocycles. The van der Waals surface area contributed by atoms with E-state index in [4.69, 9.17) is 16.8 Å². The fraction of sp³-hybridized carbons (Fsp3) is 0.571. The lowest BCUT2D eigenvalue weighted by atomic mass is 10.0. The van der Waals surface area contributed by atoms with E-state index in [1.165, 1.54) is 6.42 Å². The molecule has 0 amide bonds. The third kappa shape index (κ3) is 1.74. The molecule has 10 heavy (non-hydrogen) atoms. The van der Waals surface area contributed by atoms with Crippen molar-refractivity contribution in [3.8, 4) is 0 Å². The van der Waals surface area contributed by atoms with Crippen molar-refractivity contribution in [3.63, 3.8) is 0 Å². The molecular formula is C7H10ClNO. The number of nitrogens with zero attached hydrogens (tertiary/aromatic N) is 1. The smallest absolute Gasteiger partial charge is 0.170 e. The topological polar surface area (TPSA) is 32.6 Å². The van der Waals surface area contributed by atoms with Crippen LogP contribution in [0.3, 0.4) is 0 Å². The van der Waals surface area contributed by atoms with Crippen LogP contribution in [0, 0.1) is 0 Å². The second-order valence-electron chi connectivity index (χ2n) is 2.37. The summed E-state index contributed by atoms with van der Waals surface area (Å²) in [6.07, 6.45) is 6.41. The van der Waals surface area contributed by atoms with E-state index in [1.807, 2.05) is 6.08 Å². The van der Waals surface area contributed by atoms with Crippen LogP contribution in [0.5, 0.6) is 0 Å². The average molecular weight is 160 g/mol. The van der Waals surface area contributed by atoms with Gasteiger partial charge < -0.3 is 5.21 Å². The van der Waals surface area contributed by atoms with Gasteiger partial charge in [-0.05, 0) is 31.3 Å². The molecule has 0 saturated heterocycles. The molecule has 0 aromatic rings. The Morgan fingerprint density at radius 1 is 1.60 bits per heavy atom. The fourth-order valence-corrected chi connectivity index (χ4v) is 1.26. The summed E-state index contributed by atoms with van der Waals surface area (Å²) in [5, 5.41) is 11.5. The van der Waals surface area contributed by atoms with Crippen LogP contribution in [0.4, 0.5) is 0 Å². The lowest BCUT2D eigenvalue weighted by molar-refractivity contribution is 0.320. The average Bonchev–Trinajstić information content (AvgIpc) is 2.05. The van der Waals surface area contributed by atoms with Crippen LogP contribution in [0.25, 0.3) is 0 Å². The van der Waals surface area contributed by atoms with E-state index >= 15 is 0 Å². The molecule has 1 N–H and O–H groups in total. The third-order valence-electron chi connectivity index (χ3n) is 1.64. The Balaban J connectivity index is 2.62. The van der Waals surface area contributed by atoms with Crippen LogP contribution in [0.2, 0.25) is 0 Å².